The Morgan fingerprint density at radius 1 is 1.73 bits per heavy atom. The highest BCUT2D eigenvalue weighted by Gasteiger charge is 2.37. The van der Waals surface area contributed by atoms with Gasteiger partial charge in [0.2, 0.25) is 7.37 Å². The summed E-state index contributed by atoms with van der Waals surface area (Å²) in [5.74, 6) is -1.17. The predicted octanol–water partition coefficient (Wildman–Crippen LogP) is 0.0362. The van der Waals surface area contributed by atoms with Crippen molar-refractivity contribution in [3.8, 4) is 0 Å². The van der Waals surface area contributed by atoms with Crippen LogP contribution >= 0.6 is 7.37 Å². The topological polar surface area (TPSA) is 101 Å². The Kier molecular flexibility index (Phi) is 2.83. The molecule has 5 nitrogen and oxygen atoms in total. The Morgan fingerprint density at radius 2 is 2.09 bits per heavy atom. The minimum absolute atomic E-state index is 0.503. The van der Waals surface area contributed by atoms with E-state index in [9.17, 15) is 9.36 Å². The van der Waals surface area contributed by atoms with Gasteiger partial charge in [0.1, 0.15) is 5.28 Å². The number of hydrogen-bond donors (Lipinski definition) is 3. The predicted molar refractivity (Wildman–Crippen MR) is 40.6 cm³/mol. The summed E-state index contributed by atoms with van der Waals surface area (Å²) in [6, 6.07) is 0. The van der Waals surface area contributed by atoms with E-state index in [1.54, 1.807) is 0 Å². The fourth-order valence-electron chi connectivity index (χ4n) is 0.453. The second-order valence-electron chi connectivity index (χ2n) is 2.81. The largest absolute Gasteiger partial charge is 0.481 e. The maximum Gasteiger partial charge on any atom is 0.305 e. The summed E-state index contributed by atoms with van der Waals surface area (Å²) in [6.07, 6.45) is -0.503. The summed E-state index contributed by atoms with van der Waals surface area (Å²) >= 11 is 0. The fraction of sp³-hybridized carbons (Fsp3) is 0.800. The normalized spacial score (nSPS) is 21.8. The summed E-state index contributed by atoms with van der Waals surface area (Å²) in [5, 5.41) is 6.77. The van der Waals surface area contributed by atoms with Crippen LogP contribution in [0.1, 0.15) is 13.3 Å². The van der Waals surface area contributed by atoms with Gasteiger partial charge >= 0.3 is 5.97 Å². The molecule has 0 aromatic rings. The number of carboxylic acid groups (broad SMARTS) is 1. The van der Waals surface area contributed by atoms with Crippen LogP contribution in [0.5, 0.6) is 0 Å². The molecule has 66 valence electrons. The van der Waals surface area contributed by atoms with Gasteiger partial charge in [-0.15, -0.1) is 0 Å². The lowest BCUT2D eigenvalue weighted by molar-refractivity contribution is -0.137. The van der Waals surface area contributed by atoms with Crippen molar-refractivity contribution in [3.63, 3.8) is 0 Å². The van der Waals surface area contributed by atoms with Crippen LogP contribution in [0.15, 0.2) is 0 Å². The summed E-state index contributed by atoms with van der Waals surface area (Å²) in [7, 11) is -3.53. The molecular formula is C5H12NO4P. The molecule has 0 aromatic heterocycles. The second-order valence-corrected chi connectivity index (χ2v) is 5.59. The van der Waals surface area contributed by atoms with Crippen LogP contribution in [0.25, 0.3) is 0 Å². The molecule has 0 fully saturated rings. The Labute approximate surface area is 64.7 Å². The molecule has 0 saturated heterocycles. The Hall–Kier alpha value is -0.380. The van der Waals surface area contributed by atoms with Crippen molar-refractivity contribution in [2.45, 2.75) is 18.6 Å². The van der Waals surface area contributed by atoms with Crippen LogP contribution < -0.4 is 5.73 Å². The molecule has 0 rings (SSSR count). The van der Waals surface area contributed by atoms with Gasteiger partial charge in [-0.05, 0) is 6.92 Å². The molecule has 6 heteroatoms. The molecule has 0 aliphatic carbocycles. The highest BCUT2D eigenvalue weighted by Crippen LogP contribution is 2.48. The molecule has 0 aromatic carbocycles. The number of carbonyl (C=O) groups is 1. The lowest BCUT2D eigenvalue weighted by Crippen LogP contribution is -2.37. The van der Waals surface area contributed by atoms with E-state index in [4.69, 9.17) is 15.7 Å². The maximum absolute atomic E-state index is 10.9. The molecule has 0 spiro atoms. The van der Waals surface area contributed by atoms with Gasteiger partial charge < -0.3 is 15.7 Å². The molecule has 4 N–H and O–H groups in total. The maximum atomic E-state index is 10.9. The first kappa shape index (κ1) is 10.6. The van der Waals surface area contributed by atoms with E-state index in [-0.39, 0.29) is 0 Å². The van der Waals surface area contributed by atoms with Crippen molar-refractivity contribution in [1.82, 2.24) is 0 Å². The first-order valence-corrected chi connectivity index (χ1v) is 5.08. The molecule has 0 aliphatic rings. The van der Waals surface area contributed by atoms with Crippen molar-refractivity contribution in [1.29, 1.82) is 0 Å². The molecule has 0 bridgehead atoms. The molecule has 0 heterocycles. The number of carboxylic acids is 1. The fourth-order valence-corrected chi connectivity index (χ4v) is 0.881. The molecule has 2 unspecified atom stereocenters. The van der Waals surface area contributed by atoms with Crippen molar-refractivity contribution >= 4 is 13.3 Å². The van der Waals surface area contributed by atoms with Crippen molar-refractivity contribution in [2.75, 3.05) is 6.66 Å². The Morgan fingerprint density at radius 3 is 2.18 bits per heavy atom. The van der Waals surface area contributed by atoms with Gasteiger partial charge in [-0.25, -0.2) is 0 Å². The number of rotatable bonds is 3. The minimum Gasteiger partial charge on any atom is -0.481 e. The van der Waals surface area contributed by atoms with E-state index in [0.717, 1.165) is 6.66 Å². The smallest absolute Gasteiger partial charge is 0.305 e. The van der Waals surface area contributed by atoms with Crippen LogP contribution in [0.4, 0.5) is 0 Å². The van der Waals surface area contributed by atoms with Gasteiger partial charge in [-0.2, -0.15) is 0 Å². The van der Waals surface area contributed by atoms with Gasteiger partial charge in [0, 0.05) is 6.66 Å². The van der Waals surface area contributed by atoms with Crippen molar-refractivity contribution < 1.29 is 19.4 Å². The average Bonchev–Trinajstić information content (AvgIpc) is 1.56. The van der Waals surface area contributed by atoms with E-state index in [2.05, 4.69) is 0 Å². The molecule has 0 saturated carbocycles. The summed E-state index contributed by atoms with van der Waals surface area (Å²) in [6.45, 7) is 2.30. The van der Waals surface area contributed by atoms with E-state index in [0.29, 0.717) is 0 Å². The highest BCUT2D eigenvalue weighted by atomic mass is 31.2. The van der Waals surface area contributed by atoms with E-state index in [1.807, 2.05) is 0 Å². The van der Waals surface area contributed by atoms with Gasteiger partial charge in [-0.3, -0.25) is 9.36 Å². The lowest BCUT2D eigenvalue weighted by atomic mass is 10.2. The third-order valence-corrected chi connectivity index (χ3v) is 3.51. The number of nitrogens with two attached hydrogens (primary N) is 1. The Balaban J connectivity index is 4.48. The van der Waals surface area contributed by atoms with E-state index in [1.165, 1.54) is 6.92 Å². The average molecular weight is 181 g/mol. The molecule has 0 aliphatic heterocycles. The molecular weight excluding hydrogens is 169 g/mol. The van der Waals surface area contributed by atoms with Gasteiger partial charge in [0.05, 0.1) is 6.42 Å². The summed E-state index contributed by atoms with van der Waals surface area (Å²) < 4.78 is 10.9. The molecule has 0 radical (unpaired) electrons. The molecule has 2 atom stereocenters. The first-order chi connectivity index (χ1) is 4.67. The monoisotopic (exact) mass is 181 g/mol. The van der Waals surface area contributed by atoms with Crippen LogP contribution in [0.3, 0.4) is 0 Å². The van der Waals surface area contributed by atoms with Crippen molar-refractivity contribution in [2.24, 2.45) is 5.73 Å². The number of aliphatic carboxylic acids is 1. The lowest BCUT2D eigenvalue weighted by Gasteiger charge is -2.25. The summed E-state index contributed by atoms with van der Waals surface area (Å²) in [4.78, 5) is 19.1. The van der Waals surface area contributed by atoms with Crippen LogP contribution in [-0.4, -0.2) is 27.9 Å². The minimum atomic E-state index is -3.53. The molecule has 0 amide bonds. The van der Waals surface area contributed by atoms with Gasteiger partial charge in [0.25, 0.3) is 0 Å². The first-order valence-electron chi connectivity index (χ1n) is 2.98. The SMILES string of the molecule is CC(N)(CC(=O)O)P(C)(=O)O. The zero-order valence-corrected chi connectivity index (χ0v) is 7.34. The van der Waals surface area contributed by atoms with E-state index < -0.39 is 25.0 Å². The summed E-state index contributed by atoms with van der Waals surface area (Å²) in [5.41, 5.74) is 5.30. The highest BCUT2D eigenvalue weighted by molar-refractivity contribution is 7.58. The van der Waals surface area contributed by atoms with Gasteiger partial charge in [-0.1, -0.05) is 0 Å². The number of hydrogen-bond acceptors (Lipinski definition) is 3. The van der Waals surface area contributed by atoms with Gasteiger partial charge in [0.15, 0.2) is 0 Å². The zero-order valence-electron chi connectivity index (χ0n) is 6.44. The third kappa shape index (κ3) is 3.01. The van der Waals surface area contributed by atoms with Crippen LogP contribution in [-0.2, 0) is 9.36 Å². The zero-order chi connectivity index (χ0) is 9.28. The quantitative estimate of drug-likeness (QED) is 0.533. The van der Waals surface area contributed by atoms with Crippen LogP contribution in [0.2, 0.25) is 0 Å². The van der Waals surface area contributed by atoms with Crippen molar-refractivity contribution in [3.05, 3.63) is 0 Å². The third-order valence-electron chi connectivity index (χ3n) is 1.46. The standard InChI is InChI=1S/C5H12NO4P/c1-5(6,3-4(7)8)11(2,9)10/h3,6H2,1-2H3,(H,7,8)(H,9,10). The second kappa shape index (κ2) is 2.93. The van der Waals surface area contributed by atoms with E-state index >= 15 is 0 Å². The Bertz CT molecular complexity index is 207. The van der Waals surface area contributed by atoms with Crippen LogP contribution in [0, 0.1) is 0 Å². The molecule has 11 heavy (non-hydrogen) atoms.